The Bertz CT molecular complexity index is 378. The highest BCUT2D eigenvalue weighted by atomic mass is 19.4. The van der Waals surface area contributed by atoms with Gasteiger partial charge in [-0.15, -0.1) is 0 Å². The van der Waals surface area contributed by atoms with Crippen LogP contribution in [0.5, 0.6) is 0 Å². The first-order chi connectivity index (χ1) is 7.84. The summed E-state index contributed by atoms with van der Waals surface area (Å²) in [7, 11) is 0. The molecule has 0 fully saturated rings. The molecule has 0 saturated heterocycles. The number of alkyl halides is 3. The van der Waals surface area contributed by atoms with E-state index in [1.807, 2.05) is 0 Å². The van der Waals surface area contributed by atoms with Gasteiger partial charge in [0.2, 0.25) is 0 Å². The summed E-state index contributed by atoms with van der Waals surface area (Å²) in [6, 6.07) is 2.31. The van der Waals surface area contributed by atoms with Gasteiger partial charge in [-0.1, -0.05) is 6.92 Å². The Balaban J connectivity index is 2.77. The Labute approximate surface area is 96.3 Å². The lowest BCUT2D eigenvalue weighted by Gasteiger charge is -2.13. The third-order valence-electron chi connectivity index (χ3n) is 2.25. The van der Waals surface area contributed by atoms with Crippen molar-refractivity contribution in [2.24, 2.45) is 5.92 Å². The first-order valence-corrected chi connectivity index (χ1v) is 5.06. The van der Waals surface area contributed by atoms with Gasteiger partial charge in [0.1, 0.15) is 5.82 Å². The normalized spacial score (nSPS) is 13.5. The number of rotatable bonds is 4. The molecular formula is C11H13F4NO. The van der Waals surface area contributed by atoms with Crippen LogP contribution in [0.1, 0.15) is 12.5 Å². The minimum Gasteiger partial charge on any atom is -0.396 e. The minimum atomic E-state index is -4.54. The molecule has 6 heteroatoms. The monoisotopic (exact) mass is 251 g/mol. The number of benzene rings is 1. The third kappa shape index (κ3) is 3.89. The maximum Gasteiger partial charge on any atom is 0.416 e. The lowest BCUT2D eigenvalue weighted by atomic mass is 10.1. The molecule has 0 saturated carbocycles. The highest BCUT2D eigenvalue weighted by Crippen LogP contribution is 2.31. The zero-order valence-corrected chi connectivity index (χ0v) is 9.18. The second-order valence-electron chi connectivity index (χ2n) is 3.86. The zero-order chi connectivity index (χ0) is 13.1. The summed E-state index contributed by atoms with van der Waals surface area (Å²) in [5.41, 5.74) is -1.02. The molecule has 2 N–H and O–H groups in total. The molecule has 17 heavy (non-hydrogen) atoms. The molecule has 1 atom stereocenters. The minimum absolute atomic E-state index is 0.00157. The van der Waals surface area contributed by atoms with E-state index in [0.29, 0.717) is 12.6 Å². The maximum absolute atomic E-state index is 13.3. The predicted molar refractivity (Wildman–Crippen MR) is 56.1 cm³/mol. The van der Waals surface area contributed by atoms with Crippen LogP contribution in [0.4, 0.5) is 23.2 Å². The fourth-order valence-corrected chi connectivity index (χ4v) is 1.18. The number of nitrogens with one attached hydrogen (secondary N) is 1. The molecule has 96 valence electrons. The van der Waals surface area contributed by atoms with Gasteiger partial charge in [0, 0.05) is 13.2 Å². The van der Waals surface area contributed by atoms with Crippen LogP contribution in [-0.2, 0) is 6.18 Å². The van der Waals surface area contributed by atoms with Crippen molar-refractivity contribution in [3.8, 4) is 0 Å². The van der Waals surface area contributed by atoms with Gasteiger partial charge in [0.25, 0.3) is 0 Å². The number of aliphatic hydroxyl groups excluding tert-OH is 1. The van der Waals surface area contributed by atoms with E-state index in [4.69, 9.17) is 5.11 Å². The van der Waals surface area contributed by atoms with Crippen LogP contribution in [0.3, 0.4) is 0 Å². The van der Waals surface area contributed by atoms with Crippen molar-refractivity contribution in [1.82, 2.24) is 0 Å². The summed E-state index contributed by atoms with van der Waals surface area (Å²) in [6.45, 7) is 1.95. The fraction of sp³-hybridized carbons (Fsp3) is 0.455. The second-order valence-corrected chi connectivity index (χ2v) is 3.86. The Hall–Kier alpha value is -1.30. The summed E-state index contributed by atoms with van der Waals surface area (Å²) in [5, 5.41) is 11.4. The van der Waals surface area contributed by atoms with E-state index < -0.39 is 17.6 Å². The van der Waals surface area contributed by atoms with E-state index in [1.54, 1.807) is 6.92 Å². The van der Waals surface area contributed by atoms with E-state index in [9.17, 15) is 17.6 Å². The number of hydrogen-bond acceptors (Lipinski definition) is 2. The molecule has 0 aliphatic rings. The van der Waals surface area contributed by atoms with Crippen molar-refractivity contribution in [2.45, 2.75) is 13.1 Å². The lowest BCUT2D eigenvalue weighted by Crippen LogP contribution is -2.15. The standard InChI is InChI=1S/C11H13F4NO/c1-7(6-17)5-16-10-3-2-8(4-9(10)12)11(13,14)15/h2-4,7,16-17H,5-6H2,1H3. The van der Waals surface area contributed by atoms with Gasteiger partial charge in [-0.25, -0.2) is 4.39 Å². The molecule has 1 aromatic carbocycles. The fourth-order valence-electron chi connectivity index (χ4n) is 1.18. The van der Waals surface area contributed by atoms with Gasteiger partial charge in [-0.3, -0.25) is 0 Å². The molecule has 0 heterocycles. The van der Waals surface area contributed by atoms with Crippen LogP contribution in [0.25, 0.3) is 0 Å². The summed E-state index contributed by atoms with van der Waals surface area (Å²) < 4.78 is 50.1. The van der Waals surface area contributed by atoms with Gasteiger partial charge in [-0.2, -0.15) is 13.2 Å². The number of hydrogen-bond donors (Lipinski definition) is 2. The van der Waals surface area contributed by atoms with Gasteiger partial charge < -0.3 is 10.4 Å². The van der Waals surface area contributed by atoms with Crippen LogP contribution >= 0.6 is 0 Å². The predicted octanol–water partition coefficient (Wildman–Crippen LogP) is 2.88. The van der Waals surface area contributed by atoms with Gasteiger partial charge >= 0.3 is 6.18 Å². The second kappa shape index (κ2) is 5.35. The van der Waals surface area contributed by atoms with E-state index >= 15 is 0 Å². The molecule has 2 nitrogen and oxygen atoms in total. The van der Waals surface area contributed by atoms with Crippen molar-refractivity contribution in [3.63, 3.8) is 0 Å². The summed E-state index contributed by atoms with van der Waals surface area (Å²) >= 11 is 0. The topological polar surface area (TPSA) is 32.3 Å². The van der Waals surface area contributed by atoms with Crippen LogP contribution < -0.4 is 5.32 Å². The van der Waals surface area contributed by atoms with Crippen molar-refractivity contribution in [2.75, 3.05) is 18.5 Å². The maximum atomic E-state index is 13.3. The van der Waals surface area contributed by atoms with E-state index in [1.165, 1.54) is 0 Å². The molecule has 0 aliphatic carbocycles. The molecule has 0 radical (unpaired) electrons. The van der Waals surface area contributed by atoms with Crippen LogP contribution in [0, 0.1) is 11.7 Å². The molecule has 0 spiro atoms. The molecule has 1 unspecified atom stereocenters. The molecule has 1 rings (SSSR count). The number of aliphatic hydroxyl groups is 1. The average Bonchev–Trinajstić information content (AvgIpc) is 2.25. The smallest absolute Gasteiger partial charge is 0.396 e. The van der Waals surface area contributed by atoms with Crippen molar-refractivity contribution >= 4 is 5.69 Å². The zero-order valence-electron chi connectivity index (χ0n) is 9.18. The van der Waals surface area contributed by atoms with Gasteiger partial charge in [0.05, 0.1) is 11.3 Å². The van der Waals surface area contributed by atoms with Crippen molar-refractivity contribution in [3.05, 3.63) is 29.6 Å². The van der Waals surface area contributed by atoms with Gasteiger partial charge in [-0.05, 0) is 24.1 Å². The first kappa shape index (κ1) is 13.8. The van der Waals surface area contributed by atoms with Crippen molar-refractivity contribution < 1.29 is 22.7 Å². The third-order valence-corrected chi connectivity index (χ3v) is 2.25. The summed E-state index contributed by atoms with van der Waals surface area (Å²) in [5.74, 6) is -1.05. The molecular weight excluding hydrogens is 238 g/mol. The van der Waals surface area contributed by atoms with E-state index in [0.717, 1.165) is 12.1 Å². The van der Waals surface area contributed by atoms with Crippen molar-refractivity contribution in [1.29, 1.82) is 0 Å². The average molecular weight is 251 g/mol. The Morgan fingerprint density at radius 2 is 2.00 bits per heavy atom. The summed E-state index contributed by atoms with van der Waals surface area (Å²) in [4.78, 5) is 0. The molecule has 0 aliphatic heterocycles. The van der Waals surface area contributed by atoms with Crippen LogP contribution in [0.15, 0.2) is 18.2 Å². The molecule has 0 aromatic heterocycles. The van der Waals surface area contributed by atoms with E-state index in [2.05, 4.69) is 5.32 Å². The molecule has 0 bridgehead atoms. The quantitative estimate of drug-likeness (QED) is 0.806. The summed E-state index contributed by atoms with van der Waals surface area (Å²) in [6.07, 6.45) is -4.54. The Kier molecular flexibility index (Phi) is 4.34. The first-order valence-electron chi connectivity index (χ1n) is 5.06. The molecule has 0 amide bonds. The molecule has 1 aromatic rings. The number of anilines is 1. The lowest BCUT2D eigenvalue weighted by molar-refractivity contribution is -0.137. The largest absolute Gasteiger partial charge is 0.416 e. The SMILES string of the molecule is CC(CO)CNc1ccc(C(F)(F)F)cc1F. The Morgan fingerprint density at radius 3 is 2.47 bits per heavy atom. The highest BCUT2D eigenvalue weighted by Gasteiger charge is 2.31. The van der Waals surface area contributed by atoms with Crippen LogP contribution in [0.2, 0.25) is 0 Å². The van der Waals surface area contributed by atoms with E-state index in [-0.39, 0.29) is 18.2 Å². The van der Waals surface area contributed by atoms with Crippen LogP contribution in [-0.4, -0.2) is 18.3 Å². The number of halogens is 4. The Morgan fingerprint density at radius 1 is 1.35 bits per heavy atom. The highest BCUT2D eigenvalue weighted by molar-refractivity contribution is 5.46. The van der Waals surface area contributed by atoms with Gasteiger partial charge in [0.15, 0.2) is 0 Å².